The summed E-state index contributed by atoms with van der Waals surface area (Å²) in [5.41, 5.74) is 2.66. The van der Waals surface area contributed by atoms with Gasteiger partial charge in [0, 0.05) is 11.6 Å². The minimum atomic E-state index is -0.382. The van der Waals surface area contributed by atoms with Gasteiger partial charge in [0.1, 0.15) is 11.5 Å². The van der Waals surface area contributed by atoms with Crippen LogP contribution in [0.15, 0.2) is 60.7 Å². The number of anilines is 1. The van der Waals surface area contributed by atoms with Gasteiger partial charge in [0.15, 0.2) is 11.5 Å². The topological polar surface area (TPSA) is 86.3 Å². The zero-order valence-corrected chi connectivity index (χ0v) is 19.5. The number of methoxy groups -OCH3 is 4. The number of benzene rings is 3. The van der Waals surface area contributed by atoms with Crippen LogP contribution in [0.5, 0.6) is 28.7 Å². The summed E-state index contributed by atoms with van der Waals surface area (Å²) in [4.78, 5) is 12.4. The second-order valence-corrected chi connectivity index (χ2v) is 7.13. The number of phenolic OH excluding ortho intramolecular Hbond substituents is 1. The van der Waals surface area contributed by atoms with Crippen LogP contribution in [0.1, 0.15) is 16.7 Å². The van der Waals surface area contributed by atoms with Crippen LogP contribution in [-0.2, 0) is 4.79 Å². The van der Waals surface area contributed by atoms with E-state index in [0.29, 0.717) is 28.7 Å². The molecule has 0 aliphatic rings. The van der Waals surface area contributed by atoms with Gasteiger partial charge < -0.3 is 29.4 Å². The van der Waals surface area contributed by atoms with Gasteiger partial charge in [-0.25, -0.2) is 0 Å². The van der Waals surface area contributed by atoms with E-state index in [1.807, 2.05) is 48.6 Å². The van der Waals surface area contributed by atoms with Crippen molar-refractivity contribution in [2.45, 2.75) is 0 Å². The fourth-order valence-corrected chi connectivity index (χ4v) is 3.29. The Morgan fingerprint density at radius 1 is 0.765 bits per heavy atom. The predicted molar refractivity (Wildman–Crippen MR) is 134 cm³/mol. The smallest absolute Gasteiger partial charge is 0.248 e. The summed E-state index contributed by atoms with van der Waals surface area (Å²) in [6.45, 7) is 0. The summed E-state index contributed by atoms with van der Waals surface area (Å²) in [7, 11) is 6.24. The van der Waals surface area contributed by atoms with Crippen LogP contribution in [0.2, 0.25) is 0 Å². The van der Waals surface area contributed by atoms with Gasteiger partial charge in [-0.1, -0.05) is 36.4 Å². The van der Waals surface area contributed by atoms with Gasteiger partial charge in [0.2, 0.25) is 11.7 Å². The number of carbonyl (C=O) groups excluding carboxylic acids is 1. The molecule has 7 nitrogen and oxygen atoms in total. The molecule has 0 bridgehead atoms. The first kappa shape index (κ1) is 24.3. The van der Waals surface area contributed by atoms with Crippen LogP contribution in [0.25, 0.3) is 18.2 Å². The Hall–Kier alpha value is -4.39. The molecular formula is C27H27NO6. The summed E-state index contributed by atoms with van der Waals surface area (Å²) >= 11 is 0. The van der Waals surface area contributed by atoms with E-state index in [0.717, 1.165) is 16.7 Å². The first-order valence-electron chi connectivity index (χ1n) is 10.4. The van der Waals surface area contributed by atoms with Crippen molar-refractivity contribution < 1.29 is 28.8 Å². The van der Waals surface area contributed by atoms with Crippen LogP contribution >= 0.6 is 0 Å². The number of rotatable bonds is 9. The van der Waals surface area contributed by atoms with E-state index in [9.17, 15) is 9.90 Å². The number of hydrogen-bond acceptors (Lipinski definition) is 6. The minimum Gasteiger partial charge on any atom is -0.506 e. The van der Waals surface area contributed by atoms with Gasteiger partial charge >= 0.3 is 0 Å². The highest BCUT2D eigenvalue weighted by atomic mass is 16.5. The van der Waals surface area contributed by atoms with Crippen molar-refractivity contribution >= 4 is 29.8 Å². The van der Waals surface area contributed by atoms with E-state index in [1.54, 1.807) is 46.6 Å². The number of amides is 1. The van der Waals surface area contributed by atoms with Crippen molar-refractivity contribution in [3.8, 4) is 28.7 Å². The molecule has 34 heavy (non-hydrogen) atoms. The van der Waals surface area contributed by atoms with E-state index < -0.39 is 0 Å². The summed E-state index contributed by atoms with van der Waals surface area (Å²) in [6.07, 6.45) is 6.75. The Balaban J connectivity index is 1.78. The van der Waals surface area contributed by atoms with E-state index in [2.05, 4.69) is 5.32 Å². The molecule has 176 valence electrons. The molecule has 3 aromatic carbocycles. The quantitative estimate of drug-likeness (QED) is 0.257. The monoisotopic (exact) mass is 461 g/mol. The van der Waals surface area contributed by atoms with Crippen molar-refractivity contribution in [1.82, 2.24) is 0 Å². The molecule has 0 atom stereocenters. The minimum absolute atomic E-state index is 0.0380. The van der Waals surface area contributed by atoms with Crippen molar-refractivity contribution in [1.29, 1.82) is 0 Å². The fourth-order valence-electron chi connectivity index (χ4n) is 3.29. The van der Waals surface area contributed by atoms with E-state index in [4.69, 9.17) is 18.9 Å². The van der Waals surface area contributed by atoms with E-state index in [1.165, 1.54) is 12.1 Å². The Morgan fingerprint density at radius 2 is 1.41 bits per heavy atom. The maximum atomic E-state index is 12.4. The number of phenols is 1. The number of hydrogen-bond donors (Lipinski definition) is 2. The normalized spacial score (nSPS) is 10.9. The molecule has 1 amide bonds. The average molecular weight is 462 g/mol. The fraction of sp³-hybridized carbons (Fsp3) is 0.148. The third-order valence-electron chi connectivity index (χ3n) is 4.99. The zero-order valence-electron chi connectivity index (χ0n) is 19.5. The third kappa shape index (κ3) is 5.89. The molecule has 0 radical (unpaired) electrons. The maximum absolute atomic E-state index is 12.4. The largest absolute Gasteiger partial charge is 0.506 e. The number of ether oxygens (including phenoxy) is 4. The summed E-state index contributed by atoms with van der Waals surface area (Å²) in [5.74, 6) is 1.84. The van der Waals surface area contributed by atoms with Crippen molar-refractivity contribution in [3.63, 3.8) is 0 Å². The third-order valence-corrected chi connectivity index (χ3v) is 4.99. The highest BCUT2D eigenvalue weighted by molar-refractivity contribution is 6.03. The second-order valence-electron chi connectivity index (χ2n) is 7.13. The lowest BCUT2D eigenvalue weighted by Crippen LogP contribution is -2.08. The number of para-hydroxylation sites is 1. The molecular weight excluding hydrogens is 434 g/mol. The lowest BCUT2D eigenvalue weighted by molar-refractivity contribution is -0.111. The molecule has 0 aliphatic heterocycles. The first-order chi connectivity index (χ1) is 16.5. The molecule has 0 fully saturated rings. The summed E-state index contributed by atoms with van der Waals surface area (Å²) in [6, 6.07) is 16.0. The van der Waals surface area contributed by atoms with Crippen LogP contribution in [0.3, 0.4) is 0 Å². The van der Waals surface area contributed by atoms with Crippen LogP contribution < -0.4 is 24.3 Å². The van der Waals surface area contributed by atoms with Gasteiger partial charge in [-0.2, -0.15) is 0 Å². The molecule has 0 unspecified atom stereocenters. The maximum Gasteiger partial charge on any atom is 0.248 e. The Morgan fingerprint density at radius 3 is 2.06 bits per heavy atom. The summed E-state index contributed by atoms with van der Waals surface area (Å²) < 4.78 is 21.4. The van der Waals surface area contributed by atoms with Gasteiger partial charge in [-0.15, -0.1) is 0 Å². The number of carbonyl (C=O) groups is 1. The van der Waals surface area contributed by atoms with Crippen molar-refractivity contribution in [2.24, 2.45) is 0 Å². The lowest BCUT2D eigenvalue weighted by atomic mass is 10.1. The SMILES string of the molecule is COc1ccccc1/C=C/C(=O)Nc1cc(C=Cc2cc(OC)c(OC)c(OC)c2)ccc1O. The van der Waals surface area contributed by atoms with E-state index in [-0.39, 0.29) is 11.7 Å². The molecule has 7 heteroatoms. The van der Waals surface area contributed by atoms with Crippen molar-refractivity contribution in [2.75, 3.05) is 33.8 Å². The Bertz CT molecular complexity index is 1190. The zero-order chi connectivity index (χ0) is 24.5. The first-order valence-corrected chi connectivity index (χ1v) is 10.4. The van der Waals surface area contributed by atoms with Gasteiger partial charge in [0.05, 0.1) is 34.1 Å². The molecule has 3 aromatic rings. The summed E-state index contributed by atoms with van der Waals surface area (Å²) in [5, 5.41) is 12.9. The Labute approximate surface area is 198 Å². The highest BCUT2D eigenvalue weighted by Gasteiger charge is 2.12. The van der Waals surface area contributed by atoms with Crippen molar-refractivity contribution in [3.05, 3.63) is 77.4 Å². The lowest BCUT2D eigenvalue weighted by Gasteiger charge is -2.12. The molecule has 2 N–H and O–H groups in total. The van der Waals surface area contributed by atoms with Gasteiger partial charge in [0.25, 0.3) is 0 Å². The molecule has 0 saturated carbocycles. The van der Waals surface area contributed by atoms with Crippen LogP contribution in [-0.4, -0.2) is 39.5 Å². The molecule has 3 rings (SSSR count). The highest BCUT2D eigenvalue weighted by Crippen LogP contribution is 2.38. The standard InChI is InChI=1S/C27H27NO6/c1-31-23-8-6-5-7-20(23)12-14-26(30)28-21-15-18(11-13-22(21)29)9-10-19-16-24(32-2)27(34-4)25(17-19)33-3/h5-17,29H,1-4H3,(H,28,30)/b10-9?,14-12+. The molecule has 0 saturated heterocycles. The van der Waals surface area contributed by atoms with Gasteiger partial charge in [-0.05, 0) is 47.5 Å². The van der Waals surface area contributed by atoms with E-state index >= 15 is 0 Å². The molecule has 0 aliphatic carbocycles. The molecule has 0 heterocycles. The Kier molecular flexibility index (Phi) is 8.18. The van der Waals surface area contributed by atoms with Crippen LogP contribution in [0.4, 0.5) is 5.69 Å². The predicted octanol–water partition coefficient (Wildman–Crippen LogP) is 5.25. The van der Waals surface area contributed by atoms with Crippen LogP contribution in [0, 0.1) is 0 Å². The average Bonchev–Trinajstić information content (AvgIpc) is 2.87. The van der Waals surface area contributed by atoms with Gasteiger partial charge in [-0.3, -0.25) is 4.79 Å². The second kappa shape index (κ2) is 11.5. The number of nitrogens with one attached hydrogen (secondary N) is 1. The molecule has 0 aromatic heterocycles. The molecule has 0 spiro atoms. The number of aromatic hydroxyl groups is 1.